The van der Waals surface area contributed by atoms with E-state index < -0.39 is 0 Å². The molecule has 112 valence electrons. The summed E-state index contributed by atoms with van der Waals surface area (Å²) in [7, 11) is 3.31. The molecule has 0 radical (unpaired) electrons. The van der Waals surface area contributed by atoms with Gasteiger partial charge in [-0.1, -0.05) is 12.8 Å². The van der Waals surface area contributed by atoms with E-state index >= 15 is 0 Å². The maximum absolute atomic E-state index is 5.93. The summed E-state index contributed by atoms with van der Waals surface area (Å²) < 4.78 is 10.8. The second-order valence-electron chi connectivity index (χ2n) is 5.20. The molecule has 1 aromatic rings. The molecule has 1 fully saturated rings. The van der Waals surface area contributed by atoms with Crippen LogP contribution in [0.25, 0.3) is 0 Å². The van der Waals surface area contributed by atoms with Gasteiger partial charge in [-0.25, -0.2) is 0 Å². The van der Waals surface area contributed by atoms with E-state index in [1.165, 1.54) is 25.7 Å². The predicted octanol–water partition coefficient (Wildman–Crippen LogP) is 1.80. The summed E-state index contributed by atoms with van der Waals surface area (Å²) in [5.41, 5.74) is 6.85. The molecule has 0 aliphatic carbocycles. The summed E-state index contributed by atoms with van der Waals surface area (Å²) >= 11 is 0. The average Bonchev–Trinajstić information content (AvgIpc) is 2.71. The van der Waals surface area contributed by atoms with Crippen LogP contribution in [0.15, 0.2) is 12.3 Å². The van der Waals surface area contributed by atoms with Crippen LogP contribution in [0.5, 0.6) is 11.5 Å². The number of methoxy groups -OCH3 is 2. The zero-order chi connectivity index (χ0) is 14.4. The van der Waals surface area contributed by atoms with Gasteiger partial charge < -0.3 is 15.2 Å². The Labute approximate surface area is 121 Å². The van der Waals surface area contributed by atoms with Gasteiger partial charge in [0.25, 0.3) is 0 Å². The van der Waals surface area contributed by atoms with Crippen molar-refractivity contribution in [3.63, 3.8) is 0 Å². The number of nitrogens with zero attached hydrogens (tertiary/aromatic N) is 2. The van der Waals surface area contributed by atoms with Crippen LogP contribution in [-0.4, -0.2) is 43.2 Å². The van der Waals surface area contributed by atoms with Gasteiger partial charge in [0.2, 0.25) is 0 Å². The Kier molecular flexibility index (Phi) is 5.61. The number of rotatable bonds is 5. The minimum atomic E-state index is 0.440. The van der Waals surface area contributed by atoms with Crippen molar-refractivity contribution in [2.24, 2.45) is 5.73 Å². The van der Waals surface area contributed by atoms with E-state index in [1.54, 1.807) is 20.4 Å². The van der Waals surface area contributed by atoms with Gasteiger partial charge in [-0.3, -0.25) is 9.88 Å². The van der Waals surface area contributed by atoms with Gasteiger partial charge in [-0.2, -0.15) is 0 Å². The lowest BCUT2D eigenvalue weighted by Crippen LogP contribution is -2.39. The van der Waals surface area contributed by atoms with Gasteiger partial charge >= 0.3 is 0 Å². The van der Waals surface area contributed by atoms with E-state index in [4.69, 9.17) is 15.2 Å². The molecule has 0 aromatic carbocycles. The standard InChI is InChI=1S/C15H25N3O2/c1-19-14-7-8-17-13(15(14)20-2)11-18-9-5-3-4-6-12(18)10-16/h7-8,12H,3-6,9-11,16H2,1-2H3. The van der Waals surface area contributed by atoms with E-state index in [-0.39, 0.29) is 0 Å². The minimum Gasteiger partial charge on any atom is -0.493 e. The number of pyridine rings is 1. The molecule has 2 rings (SSSR count). The topological polar surface area (TPSA) is 60.6 Å². The molecule has 2 N–H and O–H groups in total. The second-order valence-corrected chi connectivity index (χ2v) is 5.20. The second kappa shape index (κ2) is 7.45. The molecule has 1 aliphatic rings. The lowest BCUT2D eigenvalue weighted by atomic mass is 10.1. The van der Waals surface area contributed by atoms with Crippen molar-refractivity contribution in [3.8, 4) is 11.5 Å². The Morgan fingerprint density at radius 3 is 2.85 bits per heavy atom. The average molecular weight is 279 g/mol. The molecule has 1 aliphatic heterocycles. The molecule has 0 saturated carbocycles. The van der Waals surface area contributed by atoms with Crippen molar-refractivity contribution in [3.05, 3.63) is 18.0 Å². The van der Waals surface area contributed by atoms with Gasteiger partial charge in [0.15, 0.2) is 11.5 Å². The first kappa shape index (κ1) is 15.1. The summed E-state index contributed by atoms with van der Waals surface area (Å²) in [6.45, 7) is 2.54. The zero-order valence-corrected chi connectivity index (χ0v) is 12.5. The van der Waals surface area contributed by atoms with E-state index in [0.717, 1.165) is 30.3 Å². The fourth-order valence-electron chi connectivity index (χ4n) is 2.87. The van der Waals surface area contributed by atoms with Crippen molar-refractivity contribution >= 4 is 0 Å². The molecule has 1 atom stereocenters. The monoisotopic (exact) mass is 279 g/mol. The third kappa shape index (κ3) is 3.41. The number of hydrogen-bond donors (Lipinski definition) is 1. The summed E-state index contributed by atoms with van der Waals surface area (Å²) in [5.74, 6) is 1.46. The third-order valence-corrected chi connectivity index (χ3v) is 3.99. The predicted molar refractivity (Wildman–Crippen MR) is 79.1 cm³/mol. The highest BCUT2D eigenvalue weighted by atomic mass is 16.5. The van der Waals surface area contributed by atoms with E-state index in [2.05, 4.69) is 9.88 Å². The van der Waals surface area contributed by atoms with Crippen LogP contribution in [0.2, 0.25) is 0 Å². The van der Waals surface area contributed by atoms with E-state index in [1.807, 2.05) is 6.07 Å². The van der Waals surface area contributed by atoms with Crippen molar-refractivity contribution in [1.82, 2.24) is 9.88 Å². The van der Waals surface area contributed by atoms with Gasteiger partial charge in [0.1, 0.15) is 5.69 Å². The van der Waals surface area contributed by atoms with E-state index in [0.29, 0.717) is 12.6 Å². The number of likely N-dealkylation sites (tertiary alicyclic amines) is 1. The smallest absolute Gasteiger partial charge is 0.183 e. The molecule has 2 heterocycles. The quantitative estimate of drug-likeness (QED) is 0.890. The van der Waals surface area contributed by atoms with Gasteiger partial charge in [0.05, 0.1) is 14.2 Å². The molecular weight excluding hydrogens is 254 g/mol. The first-order valence-corrected chi connectivity index (χ1v) is 7.30. The third-order valence-electron chi connectivity index (χ3n) is 3.99. The van der Waals surface area contributed by atoms with Crippen molar-refractivity contribution in [2.75, 3.05) is 27.3 Å². The van der Waals surface area contributed by atoms with Crippen molar-refractivity contribution in [1.29, 1.82) is 0 Å². The lowest BCUT2D eigenvalue weighted by Gasteiger charge is -2.29. The fraction of sp³-hybridized carbons (Fsp3) is 0.667. The molecule has 1 aromatic heterocycles. The largest absolute Gasteiger partial charge is 0.493 e. The van der Waals surface area contributed by atoms with Gasteiger partial charge in [0, 0.05) is 31.4 Å². The highest BCUT2D eigenvalue weighted by Crippen LogP contribution is 2.30. The molecule has 5 heteroatoms. The highest BCUT2D eigenvalue weighted by Gasteiger charge is 2.22. The number of nitrogens with two attached hydrogens (primary N) is 1. The SMILES string of the molecule is COc1ccnc(CN2CCCCCC2CN)c1OC. The maximum Gasteiger partial charge on any atom is 0.183 e. The van der Waals surface area contributed by atoms with Crippen LogP contribution in [0.3, 0.4) is 0 Å². The molecule has 20 heavy (non-hydrogen) atoms. The Balaban J connectivity index is 2.19. The molecule has 0 spiro atoms. The molecular formula is C15H25N3O2. The molecule has 5 nitrogen and oxygen atoms in total. The van der Waals surface area contributed by atoms with Gasteiger partial charge in [-0.05, 0) is 19.4 Å². The first-order chi connectivity index (χ1) is 9.80. The lowest BCUT2D eigenvalue weighted by molar-refractivity contribution is 0.190. The number of ether oxygens (including phenoxy) is 2. The van der Waals surface area contributed by atoms with Crippen LogP contribution in [0.1, 0.15) is 31.4 Å². The van der Waals surface area contributed by atoms with Crippen molar-refractivity contribution in [2.45, 2.75) is 38.3 Å². The Morgan fingerprint density at radius 1 is 1.30 bits per heavy atom. The number of aromatic nitrogens is 1. The zero-order valence-electron chi connectivity index (χ0n) is 12.5. The van der Waals surface area contributed by atoms with Crippen LogP contribution in [0, 0.1) is 0 Å². The highest BCUT2D eigenvalue weighted by molar-refractivity contribution is 5.42. The summed E-state index contributed by atoms with van der Waals surface area (Å²) in [4.78, 5) is 6.89. The Morgan fingerprint density at radius 2 is 2.15 bits per heavy atom. The fourth-order valence-corrected chi connectivity index (χ4v) is 2.87. The maximum atomic E-state index is 5.93. The summed E-state index contributed by atoms with van der Waals surface area (Å²) in [5, 5.41) is 0. The van der Waals surface area contributed by atoms with E-state index in [9.17, 15) is 0 Å². The van der Waals surface area contributed by atoms with Crippen molar-refractivity contribution < 1.29 is 9.47 Å². The molecule has 1 saturated heterocycles. The first-order valence-electron chi connectivity index (χ1n) is 7.30. The summed E-state index contributed by atoms with van der Waals surface area (Å²) in [6.07, 6.45) is 6.72. The molecule has 0 bridgehead atoms. The normalized spacial score (nSPS) is 20.4. The molecule has 1 unspecified atom stereocenters. The Hall–Kier alpha value is -1.33. The van der Waals surface area contributed by atoms with Gasteiger partial charge in [-0.15, -0.1) is 0 Å². The van der Waals surface area contributed by atoms with Crippen LogP contribution in [0.4, 0.5) is 0 Å². The number of hydrogen-bond acceptors (Lipinski definition) is 5. The molecule has 0 amide bonds. The van der Waals surface area contributed by atoms with Crippen LogP contribution < -0.4 is 15.2 Å². The van der Waals surface area contributed by atoms with Crippen LogP contribution in [-0.2, 0) is 6.54 Å². The Bertz CT molecular complexity index is 426. The minimum absolute atomic E-state index is 0.440. The summed E-state index contributed by atoms with van der Waals surface area (Å²) in [6, 6.07) is 2.26. The van der Waals surface area contributed by atoms with Crippen LogP contribution >= 0.6 is 0 Å².